The Morgan fingerprint density at radius 1 is 1.29 bits per heavy atom. The third kappa shape index (κ3) is 1.22. The normalized spacial score (nSPS) is 11.1. The lowest BCUT2D eigenvalue weighted by molar-refractivity contribution is 0.628. The summed E-state index contributed by atoms with van der Waals surface area (Å²) in [6.07, 6.45) is 0.960. The summed E-state index contributed by atoms with van der Waals surface area (Å²) in [4.78, 5) is 3.34. The first kappa shape index (κ1) is 9.25. The number of hydrogen-bond acceptors (Lipinski definition) is 0. The Kier molecular flexibility index (Phi) is 2.06. The molecule has 74 valence electrons. The predicted molar refractivity (Wildman–Crippen MR) is 57.1 cm³/mol. The molecule has 0 amide bonds. The van der Waals surface area contributed by atoms with Crippen molar-refractivity contribution in [2.75, 3.05) is 0 Å². The number of halogens is 1. The van der Waals surface area contributed by atoms with Crippen LogP contribution in [0.4, 0.5) is 4.39 Å². The second-order valence-electron chi connectivity index (χ2n) is 3.73. The van der Waals surface area contributed by atoms with Crippen molar-refractivity contribution in [1.29, 1.82) is 0 Å². The minimum atomic E-state index is -0.153. The fraction of sp³-hybridized carbons (Fsp3) is 0.333. The van der Waals surface area contributed by atoms with Crippen molar-refractivity contribution >= 4 is 10.9 Å². The molecule has 1 nitrogen and oxygen atoms in total. The van der Waals surface area contributed by atoms with E-state index in [0.29, 0.717) is 0 Å². The van der Waals surface area contributed by atoms with Crippen molar-refractivity contribution in [1.82, 2.24) is 4.98 Å². The average Bonchev–Trinajstić information content (AvgIpc) is 2.44. The Morgan fingerprint density at radius 3 is 2.64 bits per heavy atom. The van der Waals surface area contributed by atoms with Gasteiger partial charge in [0.05, 0.1) is 0 Å². The summed E-state index contributed by atoms with van der Waals surface area (Å²) < 4.78 is 13.2. The Morgan fingerprint density at radius 2 is 2.00 bits per heavy atom. The van der Waals surface area contributed by atoms with Gasteiger partial charge in [-0.3, -0.25) is 0 Å². The van der Waals surface area contributed by atoms with Gasteiger partial charge in [-0.1, -0.05) is 6.92 Å². The molecule has 0 radical (unpaired) electrons. The number of aromatic amines is 1. The summed E-state index contributed by atoms with van der Waals surface area (Å²) in [7, 11) is 0. The van der Waals surface area contributed by atoms with Gasteiger partial charge in [0.2, 0.25) is 0 Å². The third-order valence-corrected chi connectivity index (χ3v) is 2.79. The maximum Gasteiger partial charge on any atom is 0.124 e. The maximum absolute atomic E-state index is 13.2. The molecule has 0 aliphatic carbocycles. The molecular weight excluding hydrogens is 177 g/mol. The lowest BCUT2D eigenvalue weighted by atomic mass is 10.1. The minimum Gasteiger partial charge on any atom is -0.358 e. The zero-order valence-electron chi connectivity index (χ0n) is 8.74. The van der Waals surface area contributed by atoms with Crippen LogP contribution < -0.4 is 0 Å². The number of fused-ring (bicyclic) bond motifs is 1. The predicted octanol–water partition coefficient (Wildman–Crippen LogP) is 3.49. The van der Waals surface area contributed by atoms with E-state index in [1.807, 2.05) is 13.8 Å². The van der Waals surface area contributed by atoms with Crippen LogP contribution in [0.15, 0.2) is 12.1 Å². The largest absolute Gasteiger partial charge is 0.358 e. The fourth-order valence-corrected chi connectivity index (χ4v) is 1.97. The molecule has 0 fully saturated rings. The first-order valence-corrected chi connectivity index (χ1v) is 4.90. The van der Waals surface area contributed by atoms with Gasteiger partial charge in [-0.25, -0.2) is 4.39 Å². The molecule has 1 aromatic carbocycles. The number of aryl methyl sites for hydroxylation is 3. The first-order valence-electron chi connectivity index (χ1n) is 4.90. The van der Waals surface area contributed by atoms with E-state index in [4.69, 9.17) is 0 Å². The van der Waals surface area contributed by atoms with Gasteiger partial charge in [0.15, 0.2) is 0 Å². The minimum absolute atomic E-state index is 0.153. The van der Waals surface area contributed by atoms with Crippen molar-refractivity contribution in [3.63, 3.8) is 0 Å². The number of benzene rings is 1. The molecule has 0 unspecified atom stereocenters. The lowest BCUT2D eigenvalue weighted by Gasteiger charge is -1.96. The molecule has 0 aliphatic heterocycles. The van der Waals surface area contributed by atoms with E-state index in [1.165, 1.54) is 11.3 Å². The van der Waals surface area contributed by atoms with Crippen molar-refractivity contribution in [3.8, 4) is 0 Å². The van der Waals surface area contributed by atoms with Crippen LogP contribution in [0.5, 0.6) is 0 Å². The number of rotatable bonds is 1. The standard InChI is InChI=1S/C12H14FN/c1-4-11-8(3)10-6-9(13)5-7(2)12(10)14-11/h5-6,14H,4H2,1-3H3. The molecule has 14 heavy (non-hydrogen) atoms. The van der Waals surface area contributed by atoms with Crippen LogP contribution in [0.1, 0.15) is 23.7 Å². The summed E-state index contributed by atoms with van der Waals surface area (Å²) in [6, 6.07) is 3.17. The van der Waals surface area contributed by atoms with E-state index in [1.54, 1.807) is 12.1 Å². The molecule has 0 saturated carbocycles. The molecule has 0 spiro atoms. The molecule has 0 saturated heterocycles. The SMILES string of the molecule is CCc1[nH]c2c(C)cc(F)cc2c1C. The second kappa shape index (κ2) is 3.12. The molecule has 1 heterocycles. The van der Waals surface area contributed by atoms with E-state index in [2.05, 4.69) is 11.9 Å². The monoisotopic (exact) mass is 191 g/mol. The zero-order valence-corrected chi connectivity index (χ0v) is 8.74. The smallest absolute Gasteiger partial charge is 0.124 e. The van der Waals surface area contributed by atoms with Crippen LogP contribution in [0, 0.1) is 19.7 Å². The van der Waals surface area contributed by atoms with Crippen LogP contribution in [-0.2, 0) is 6.42 Å². The fourth-order valence-electron chi connectivity index (χ4n) is 1.97. The summed E-state index contributed by atoms with van der Waals surface area (Å²) in [6.45, 7) is 6.07. The Balaban J connectivity index is 2.85. The molecule has 2 aromatic rings. The highest BCUT2D eigenvalue weighted by atomic mass is 19.1. The van der Waals surface area contributed by atoms with E-state index in [-0.39, 0.29) is 5.82 Å². The van der Waals surface area contributed by atoms with Crippen molar-refractivity contribution in [3.05, 3.63) is 34.8 Å². The van der Waals surface area contributed by atoms with E-state index < -0.39 is 0 Å². The van der Waals surface area contributed by atoms with Gasteiger partial charge in [0.25, 0.3) is 0 Å². The Bertz CT molecular complexity index is 483. The van der Waals surface area contributed by atoms with Gasteiger partial charge in [0, 0.05) is 16.6 Å². The second-order valence-corrected chi connectivity index (χ2v) is 3.73. The summed E-state index contributed by atoms with van der Waals surface area (Å²) in [5.41, 5.74) is 4.42. The quantitative estimate of drug-likeness (QED) is 0.710. The lowest BCUT2D eigenvalue weighted by Crippen LogP contribution is -1.81. The summed E-state index contributed by atoms with van der Waals surface area (Å²) in [5.74, 6) is -0.153. The van der Waals surface area contributed by atoms with Crippen LogP contribution in [0.25, 0.3) is 10.9 Å². The molecule has 0 atom stereocenters. The van der Waals surface area contributed by atoms with Gasteiger partial charge in [-0.05, 0) is 43.5 Å². The molecule has 2 heteroatoms. The highest BCUT2D eigenvalue weighted by molar-refractivity contribution is 5.87. The Labute approximate surface area is 82.9 Å². The van der Waals surface area contributed by atoms with Crippen LogP contribution in [-0.4, -0.2) is 4.98 Å². The van der Waals surface area contributed by atoms with Gasteiger partial charge >= 0.3 is 0 Å². The molecule has 2 rings (SSSR count). The van der Waals surface area contributed by atoms with Crippen molar-refractivity contribution < 1.29 is 4.39 Å². The molecule has 1 N–H and O–H groups in total. The highest BCUT2D eigenvalue weighted by Crippen LogP contribution is 2.25. The van der Waals surface area contributed by atoms with E-state index in [0.717, 1.165) is 22.9 Å². The third-order valence-electron chi connectivity index (χ3n) is 2.79. The number of aromatic nitrogens is 1. The molecular formula is C12H14FN. The first-order chi connectivity index (χ1) is 6.63. The number of nitrogens with one attached hydrogen (secondary N) is 1. The number of H-pyrrole nitrogens is 1. The highest BCUT2D eigenvalue weighted by Gasteiger charge is 2.09. The van der Waals surface area contributed by atoms with Crippen LogP contribution in [0.2, 0.25) is 0 Å². The summed E-state index contributed by atoms with van der Waals surface area (Å²) in [5, 5.41) is 1.01. The Hall–Kier alpha value is -1.31. The summed E-state index contributed by atoms with van der Waals surface area (Å²) >= 11 is 0. The maximum atomic E-state index is 13.2. The van der Waals surface area contributed by atoms with Crippen molar-refractivity contribution in [2.24, 2.45) is 0 Å². The molecule has 0 bridgehead atoms. The topological polar surface area (TPSA) is 15.8 Å². The van der Waals surface area contributed by atoms with Crippen LogP contribution in [0.3, 0.4) is 0 Å². The van der Waals surface area contributed by atoms with E-state index in [9.17, 15) is 4.39 Å². The average molecular weight is 191 g/mol. The van der Waals surface area contributed by atoms with Gasteiger partial charge in [-0.2, -0.15) is 0 Å². The molecule has 1 aromatic heterocycles. The van der Waals surface area contributed by atoms with Crippen molar-refractivity contribution in [2.45, 2.75) is 27.2 Å². The molecule has 0 aliphatic rings. The number of hydrogen-bond donors (Lipinski definition) is 1. The van der Waals surface area contributed by atoms with Gasteiger partial charge in [0.1, 0.15) is 5.82 Å². The van der Waals surface area contributed by atoms with Gasteiger partial charge < -0.3 is 4.98 Å². The van der Waals surface area contributed by atoms with Gasteiger partial charge in [-0.15, -0.1) is 0 Å². The van der Waals surface area contributed by atoms with Crippen LogP contribution >= 0.6 is 0 Å². The van der Waals surface area contributed by atoms with E-state index >= 15 is 0 Å². The zero-order chi connectivity index (χ0) is 10.3.